The fourth-order valence-corrected chi connectivity index (χ4v) is 2.76. The minimum absolute atomic E-state index is 0.0389. The van der Waals surface area contributed by atoms with Gasteiger partial charge in [0.1, 0.15) is 5.82 Å². The topological polar surface area (TPSA) is 41.9 Å². The van der Waals surface area contributed by atoms with E-state index in [0.29, 0.717) is 25.9 Å². The number of carbonyl (C=O) groups excluding carboxylic acids is 1. The van der Waals surface area contributed by atoms with Crippen LogP contribution >= 0.6 is 0 Å². The lowest BCUT2D eigenvalue weighted by Gasteiger charge is -2.27. The Labute approximate surface area is 143 Å². The standard InChI is InChI=1S/C19H27FN2O2/c1-5-9-22(18(23)12-19(2,3)4)13-16-11-17(21-24-16)14-7-6-8-15(20)10-14/h6-8,10,16H,5,9,11-13H2,1-4H3/t16-/m0/s1. The van der Waals surface area contributed by atoms with E-state index >= 15 is 0 Å². The zero-order chi connectivity index (χ0) is 17.7. The second-order valence-electron chi connectivity index (χ2n) is 7.56. The van der Waals surface area contributed by atoms with Gasteiger partial charge in [-0.25, -0.2) is 4.39 Å². The van der Waals surface area contributed by atoms with Gasteiger partial charge in [0.25, 0.3) is 0 Å². The quantitative estimate of drug-likeness (QED) is 0.789. The summed E-state index contributed by atoms with van der Waals surface area (Å²) in [5.74, 6) is -0.140. The fraction of sp³-hybridized carbons (Fsp3) is 0.579. The summed E-state index contributed by atoms with van der Waals surface area (Å²) in [7, 11) is 0. The molecule has 0 saturated carbocycles. The van der Waals surface area contributed by atoms with Crippen LogP contribution in [0.1, 0.15) is 52.5 Å². The highest BCUT2D eigenvalue weighted by atomic mass is 19.1. The average Bonchev–Trinajstić information content (AvgIpc) is 2.93. The van der Waals surface area contributed by atoms with Crippen molar-refractivity contribution in [3.05, 3.63) is 35.6 Å². The number of carbonyl (C=O) groups is 1. The highest BCUT2D eigenvalue weighted by molar-refractivity contribution is 6.01. The lowest BCUT2D eigenvalue weighted by Crippen LogP contribution is -2.39. The molecule has 0 radical (unpaired) electrons. The number of rotatable bonds is 6. The highest BCUT2D eigenvalue weighted by Gasteiger charge is 2.28. The third-order valence-corrected chi connectivity index (χ3v) is 3.84. The van der Waals surface area contributed by atoms with Gasteiger partial charge in [-0.3, -0.25) is 4.79 Å². The van der Waals surface area contributed by atoms with Gasteiger partial charge in [-0.15, -0.1) is 0 Å². The summed E-state index contributed by atoms with van der Waals surface area (Å²) in [5, 5.41) is 4.09. The molecule has 1 aromatic carbocycles. The summed E-state index contributed by atoms with van der Waals surface area (Å²) in [6, 6.07) is 6.35. The van der Waals surface area contributed by atoms with Crippen molar-refractivity contribution in [2.75, 3.05) is 13.1 Å². The van der Waals surface area contributed by atoms with E-state index in [1.165, 1.54) is 12.1 Å². The normalized spacial score (nSPS) is 17.4. The maximum absolute atomic E-state index is 13.3. The second-order valence-corrected chi connectivity index (χ2v) is 7.56. The van der Waals surface area contributed by atoms with Crippen molar-refractivity contribution in [2.24, 2.45) is 10.6 Å². The number of benzene rings is 1. The van der Waals surface area contributed by atoms with Crippen molar-refractivity contribution < 1.29 is 14.0 Å². The molecule has 0 saturated heterocycles. The van der Waals surface area contributed by atoms with Crippen molar-refractivity contribution in [2.45, 2.75) is 53.1 Å². The number of nitrogens with zero attached hydrogens (tertiary/aromatic N) is 2. The van der Waals surface area contributed by atoms with Gasteiger partial charge in [0.2, 0.25) is 5.91 Å². The molecular weight excluding hydrogens is 307 g/mol. The van der Waals surface area contributed by atoms with Gasteiger partial charge in [-0.2, -0.15) is 0 Å². The number of hydrogen-bond donors (Lipinski definition) is 0. The van der Waals surface area contributed by atoms with Crippen molar-refractivity contribution in [1.82, 2.24) is 4.90 Å². The lowest BCUT2D eigenvalue weighted by atomic mass is 9.91. The molecule has 1 heterocycles. The van der Waals surface area contributed by atoms with Crippen LogP contribution in [0.15, 0.2) is 29.4 Å². The number of halogens is 1. The van der Waals surface area contributed by atoms with E-state index in [1.54, 1.807) is 6.07 Å². The minimum Gasteiger partial charge on any atom is -0.390 e. The highest BCUT2D eigenvalue weighted by Crippen LogP contribution is 2.22. The summed E-state index contributed by atoms with van der Waals surface area (Å²) in [6.45, 7) is 9.47. The van der Waals surface area contributed by atoms with Crippen LogP contribution in [0.4, 0.5) is 4.39 Å². The predicted octanol–water partition coefficient (Wildman–Crippen LogP) is 3.99. The van der Waals surface area contributed by atoms with Crippen LogP contribution in [0.2, 0.25) is 0 Å². The molecule has 0 bridgehead atoms. The first kappa shape index (κ1) is 18.4. The molecule has 0 spiro atoms. The number of hydrogen-bond acceptors (Lipinski definition) is 3. The van der Waals surface area contributed by atoms with Crippen LogP contribution in [0, 0.1) is 11.2 Å². The molecule has 0 aliphatic carbocycles. The molecule has 1 aromatic rings. The third kappa shape index (κ3) is 5.32. The smallest absolute Gasteiger partial charge is 0.223 e. The fourth-order valence-electron chi connectivity index (χ4n) is 2.76. The zero-order valence-electron chi connectivity index (χ0n) is 15.0. The molecule has 0 unspecified atom stereocenters. The van der Waals surface area contributed by atoms with Gasteiger partial charge in [-0.05, 0) is 24.0 Å². The van der Waals surface area contributed by atoms with Crippen LogP contribution < -0.4 is 0 Å². The van der Waals surface area contributed by atoms with Crippen LogP contribution in [-0.2, 0) is 9.63 Å². The molecule has 4 nitrogen and oxygen atoms in total. The van der Waals surface area contributed by atoms with E-state index in [0.717, 1.165) is 17.7 Å². The van der Waals surface area contributed by atoms with Crippen LogP contribution in [0.25, 0.3) is 0 Å². The van der Waals surface area contributed by atoms with Gasteiger partial charge < -0.3 is 9.74 Å². The summed E-state index contributed by atoms with van der Waals surface area (Å²) < 4.78 is 13.3. The second kappa shape index (κ2) is 7.77. The van der Waals surface area contributed by atoms with Gasteiger partial charge in [0, 0.05) is 24.9 Å². The molecule has 5 heteroatoms. The zero-order valence-corrected chi connectivity index (χ0v) is 15.0. The molecule has 1 aliphatic rings. The SMILES string of the molecule is CCCN(C[C@@H]1CC(c2cccc(F)c2)=NO1)C(=O)CC(C)(C)C. The Morgan fingerprint density at radius 2 is 2.17 bits per heavy atom. The molecule has 1 amide bonds. The first-order valence-corrected chi connectivity index (χ1v) is 8.55. The van der Waals surface area contributed by atoms with Gasteiger partial charge in [-0.1, -0.05) is 45.0 Å². The van der Waals surface area contributed by atoms with Crippen molar-refractivity contribution in [3.8, 4) is 0 Å². The first-order valence-electron chi connectivity index (χ1n) is 8.55. The molecule has 1 aliphatic heterocycles. The first-order chi connectivity index (χ1) is 11.3. The van der Waals surface area contributed by atoms with Crippen LogP contribution in [-0.4, -0.2) is 35.7 Å². The molecule has 0 fully saturated rings. The van der Waals surface area contributed by atoms with Crippen LogP contribution in [0.3, 0.4) is 0 Å². The van der Waals surface area contributed by atoms with E-state index in [2.05, 4.69) is 32.9 Å². The van der Waals surface area contributed by atoms with E-state index in [1.807, 2.05) is 11.0 Å². The number of amides is 1. The largest absolute Gasteiger partial charge is 0.390 e. The maximum atomic E-state index is 13.3. The van der Waals surface area contributed by atoms with Crippen molar-refractivity contribution >= 4 is 11.6 Å². The Balaban J connectivity index is 1.96. The van der Waals surface area contributed by atoms with E-state index in [4.69, 9.17) is 4.84 Å². The number of oxime groups is 1. The Morgan fingerprint density at radius 3 is 2.79 bits per heavy atom. The summed E-state index contributed by atoms with van der Waals surface area (Å²) in [4.78, 5) is 19.9. The van der Waals surface area contributed by atoms with Gasteiger partial charge in [0.15, 0.2) is 6.10 Å². The van der Waals surface area contributed by atoms with E-state index in [-0.39, 0.29) is 23.2 Å². The third-order valence-electron chi connectivity index (χ3n) is 3.84. The lowest BCUT2D eigenvalue weighted by molar-refractivity contribution is -0.134. The molecule has 1 atom stereocenters. The van der Waals surface area contributed by atoms with Gasteiger partial charge >= 0.3 is 0 Å². The molecule has 2 rings (SSSR count). The van der Waals surface area contributed by atoms with E-state index < -0.39 is 0 Å². The molecule has 0 aromatic heterocycles. The molecule has 132 valence electrons. The summed E-state index contributed by atoms with van der Waals surface area (Å²) >= 11 is 0. The summed E-state index contributed by atoms with van der Waals surface area (Å²) in [5.41, 5.74) is 1.43. The molecular formula is C19H27FN2O2. The molecule has 24 heavy (non-hydrogen) atoms. The van der Waals surface area contributed by atoms with Gasteiger partial charge in [0.05, 0.1) is 12.3 Å². The maximum Gasteiger partial charge on any atom is 0.223 e. The Morgan fingerprint density at radius 1 is 1.42 bits per heavy atom. The Bertz CT molecular complexity index is 608. The monoisotopic (exact) mass is 334 g/mol. The Kier molecular flexibility index (Phi) is 5.97. The van der Waals surface area contributed by atoms with Crippen molar-refractivity contribution in [1.29, 1.82) is 0 Å². The predicted molar refractivity (Wildman–Crippen MR) is 93.4 cm³/mol. The van der Waals surface area contributed by atoms with Crippen LogP contribution in [0.5, 0.6) is 0 Å². The average molecular weight is 334 g/mol. The minimum atomic E-state index is -0.286. The Hall–Kier alpha value is -1.91. The van der Waals surface area contributed by atoms with Crippen molar-refractivity contribution in [3.63, 3.8) is 0 Å². The molecule has 0 N–H and O–H groups in total. The summed E-state index contributed by atoms with van der Waals surface area (Å²) in [6.07, 6.45) is 1.84. The van der Waals surface area contributed by atoms with E-state index in [9.17, 15) is 9.18 Å².